The summed E-state index contributed by atoms with van der Waals surface area (Å²) in [5.41, 5.74) is -0.588. The molecule has 2 aromatic carbocycles. The van der Waals surface area contributed by atoms with E-state index in [9.17, 15) is 55.9 Å². The standard InChI is InChI=1S/C27H30O16/c28-7-17-20(33)22(35)24(37)26(42-17)39-8-18-21(34)23(36)25(38)27(43-18)40-10-4-13(31)19-14(32)6-15(41-16(19)5-10)9-1-2-11(29)12(30)3-9/h1-6,17-18,20-31,33-38H,7-8H2/t17-,18-,20-,21-,22+,23+,24-,25-,26+,27-/m1/s1. The normalized spacial score (nSPS) is 33.0. The third kappa shape index (κ3) is 5.98. The van der Waals surface area contributed by atoms with E-state index in [1.54, 1.807) is 0 Å². The smallest absolute Gasteiger partial charge is 0.229 e. The second kappa shape index (κ2) is 12.2. The number of rotatable bonds is 7. The zero-order valence-electron chi connectivity index (χ0n) is 22.1. The third-order valence-corrected chi connectivity index (χ3v) is 7.24. The van der Waals surface area contributed by atoms with Crippen molar-refractivity contribution in [3.05, 3.63) is 46.6 Å². The molecular weight excluding hydrogens is 580 g/mol. The van der Waals surface area contributed by atoms with Crippen LogP contribution in [0, 0.1) is 0 Å². The zero-order valence-corrected chi connectivity index (χ0v) is 22.1. The maximum Gasteiger partial charge on any atom is 0.229 e. The molecule has 0 amide bonds. The summed E-state index contributed by atoms with van der Waals surface area (Å²) in [4.78, 5) is 12.7. The van der Waals surface area contributed by atoms with Gasteiger partial charge in [0, 0.05) is 23.8 Å². The molecule has 10 N–H and O–H groups in total. The lowest BCUT2D eigenvalue weighted by Gasteiger charge is -2.42. The summed E-state index contributed by atoms with van der Waals surface area (Å²) in [6.45, 7) is -1.29. The van der Waals surface area contributed by atoms with Crippen molar-refractivity contribution in [1.82, 2.24) is 0 Å². The van der Waals surface area contributed by atoms with Gasteiger partial charge in [-0.15, -0.1) is 0 Å². The van der Waals surface area contributed by atoms with E-state index in [1.165, 1.54) is 18.2 Å². The van der Waals surface area contributed by atoms with Gasteiger partial charge in [-0.2, -0.15) is 0 Å². The van der Waals surface area contributed by atoms with Gasteiger partial charge >= 0.3 is 0 Å². The van der Waals surface area contributed by atoms with Crippen LogP contribution in [0.3, 0.4) is 0 Å². The van der Waals surface area contributed by atoms with Gasteiger partial charge in [-0.05, 0) is 18.2 Å². The van der Waals surface area contributed by atoms with E-state index >= 15 is 0 Å². The first-order valence-electron chi connectivity index (χ1n) is 13.0. The number of phenolic OH excluding ortho intramolecular Hbond substituents is 3. The second-order valence-electron chi connectivity index (χ2n) is 10.2. The zero-order chi connectivity index (χ0) is 31.2. The Kier molecular flexibility index (Phi) is 8.77. The first-order valence-corrected chi connectivity index (χ1v) is 13.0. The van der Waals surface area contributed by atoms with Crippen LogP contribution < -0.4 is 10.2 Å². The van der Waals surface area contributed by atoms with Crippen LogP contribution in [-0.4, -0.2) is 126 Å². The second-order valence-corrected chi connectivity index (χ2v) is 10.2. The first kappa shape index (κ1) is 30.9. The largest absolute Gasteiger partial charge is 0.507 e. The van der Waals surface area contributed by atoms with E-state index in [0.29, 0.717) is 0 Å². The minimum atomic E-state index is -1.83. The highest BCUT2D eigenvalue weighted by Crippen LogP contribution is 2.35. The van der Waals surface area contributed by atoms with Gasteiger partial charge in [0.25, 0.3) is 0 Å². The molecule has 2 aliphatic heterocycles. The van der Waals surface area contributed by atoms with Crippen LogP contribution in [-0.2, 0) is 14.2 Å². The molecule has 234 valence electrons. The number of ether oxygens (including phenoxy) is 4. The maximum absolute atomic E-state index is 12.7. The Labute approximate surface area is 241 Å². The van der Waals surface area contributed by atoms with Gasteiger partial charge in [0.2, 0.25) is 6.29 Å². The fourth-order valence-electron chi connectivity index (χ4n) is 4.81. The minimum absolute atomic E-state index is 0.0257. The van der Waals surface area contributed by atoms with Gasteiger partial charge in [-0.25, -0.2) is 0 Å². The summed E-state index contributed by atoms with van der Waals surface area (Å²) in [7, 11) is 0. The lowest BCUT2D eigenvalue weighted by Crippen LogP contribution is -2.62. The quantitative estimate of drug-likeness (QED) is 0.125. The molecule has 43 heavy (non-hydrogen) atoms. The topological polar surface area (TPSA) is 269 Å². The number of hydrogen-bond donors (Lipinski definition) is 10. The first-order chi connectivity index (χ1) is 20.4. The molecule has 3 aromatic rings. The number of benzene rings is 2. The van der Waals surface area contributed by atoms with Crippen LogP contribution in [0.25, 0.3) is 22.3 Å². The van der Waals surface area contributed by atoms with E-state index in [-0.39, 0.29) is 28.0 Å². The fraction of sp³-hybridized carbons (Fsp3) is 0.444. The number of hydrogen-bond acceptors (Lipinski definition) is 16. The fourth-order valence-corrected chi connectivity index (χ4v) is 4.81. The Morgan fingerprint density at radius 2 is 1.35 bits per heavy atom. The summed E-state index contributed by atoms with van der Waals surface area (Å²) in [6.07, 6.45) is -16.4. The number of aliphatic hydroxyl groups is 7. The average molecular weight is 611 g/mol. The van der Waals surface area contributed by atoms with Crippen molar-refractivity contribution in [2.24, 2.45) is 0 Å². The molecule has 0 unspecified atom stereocenters. The monoisotopic (exact) mass is 610 g/mol. The van der Waals surface area contributed by atoms with E-state index in [2.05, 4.69) is 0 Å². The third-order valence-electron chi connectivity index (χ3n) is 7.24. The van der Waals surface area contributed by atoms with Crippen molar-refractivity contribution in [3.63, 3.8) is 0 Å². The average Bonchev–Trinajstić information content (AvgIpc) is 2.97. The van der Waals surface area contributed by atoms with Gasteiger partial charge < -0.3 is 74.4 Å². The lowest BCUT2D eigenvalue weighted by molar-refractivity contribution is -0.323. The molecule has 16 nitrogen and oxygen atoms in total. The summed E-state index contributed by atoms with van der Waals surface area (Å²) < 4.78 is 27.6. The number of aliphatic hydroxyl groups excluding tert-OH is 7. The molecule has 2 aliphatic rings. The number of fused-ring (bicyclic) bond motifs is 1. The van der Waals surface area contributed by atoms with Crippen LogP contribution in [0.15, 0.2) is 45.6 Å². The van der Waals surface area contributed by atoms with Crippen molar-refractivity contribution in [1.29, 1.82) is 0 Å². The van der Waals surface area contributed by atoms with Crippen LogP contribution in [0.2, 0.25) is 0 Å². The van der Waals surface area contributed by atoms with E-state index in [0.717, 1.165) is 18.2 Å². The molecule has 0 saturated carbocycles. The van der Waals surface area contributed by atoms with Crippen LogP contribution in [0.4, 0.5) is 0 Å². The van der Waals surface area contributed by atoms with Crippen molar-refractivity contribution in [2.75, 3.05) is 13.2 Å². The molecule has 5 rings (SSSR count). The molecule has 2 fully saturated rings. The van der Waals surface area contributed by atoms with Gasteiger partial charge in [-0.1, -0.05) is 0 Å². The Bertz CT molecular complexity index is 1510. The highest BCUT2D eigenvalue weighted by Gasteiger charge is 2.48. The SMILES string of the molecule is O=c1cc(-c2ccc(O)c(O)c2)oc2cc(O[C@@H]3O[C@H](CO[C@H]4O[C@H](CO)[C@@H](O)[C@H](O)[C@H]4O)[C@@H](O)[C@H](O)[C@H]3O)cc(O)c12. The molecule has 3 heterocycles. The van der Waals surface area contributed by atoms with Gasteiger partial charge in [-0.3, -0.25) is 4.79 Å². The predicted molar refractivity (Wildman–Crippen MR) is 140 cm³/mol. The molecule has 10 atom stereocenters. The van der Waals surface area contributed by atoms with Gasteiger partial charge in [0.1, 0.15) is 77.1 Å². The Morgan fingerprint density at radius 3 is 2.02 bits per heavy atom. The molecule has 0 bridgehead atoms. The van der Waals surface area contributed by atoms with Crippen LogP contribution in [0.5, 0.6) is 23.0 Å². The highest BCUT2D eigenvalue weighted by atomic mass is 16.7. The molecule has 16 heteroatoms. The Morgan fingerprint density at radius 1 is 0.698 bits per heavy atom. The lowest BCUT2D eigenvalue weighted by atomic mass is 9.98. The van der Waals surface area contributed by atoms with Crippen molar-refractivity contribution >= 4 is 11.0 Å². The molecule has 0 radical (unpaired) electrons. The van der Waals surface area contributed by atoms with Crippen molar-refractivity contribution in [2.45, 2.75) is 61.4 Å². The van der Waals surface area contributed by atoms with Gasteiger partial charge in [0.05, 0.1) is 13.2 Å². The van der Waals surface area contributed by atoms with Crippen molar-refractivity contribution in [3.8, 4) is 34.3 Å². The van der Waals surface area contributed by atoms with Crippen LogP contribution >= 0.6 is 0 Å². The van der Waals surface area contributed by atoms with E-state index < -0.39 is 97.3 Å². The summed E-state index contributed by atoms with van der Waals surface area (Å²) in [6, 6.07) is 7.01. The molecule has 0 aliphatic carbocycles. The summed E-state index contributed by atoms with van der Waals surface area (Å²) in [5.74, 6) is -1.64. The van der Waals surface area contributed by atoms with Gasteiger partial charge in [0.15, 0.2) is 23.2 Å². The molecule has 0 spiro atoms. The summed E-state index contributed by atoms with van der Waals surface area (Å²) >= 11 is 0. The van der Waals surface area contributed by atoms with E-state index in [1.807, 2.05) is 0 Å². The van der Waals surface area contributed by atoms with Crippen molar-refractivity contribution < 1.29 is 74.4 Å². The summed E-state index contributed by atoms with van der Waals surface area (Å²) in [5, 5.41) is 100. The molecule has 1 aromatic heterocycles. The van der Waals surface area contributed by atoms with E-state index in [4.69, 9.17) is 23.4 Å². The molecular formula is C27H30O16. The highest BCUT2D eigenvalue weighted by molar-refractivity contribution is 5.86. The predicted octanol–water partition coefficient (Wildman–Crippen LogP) is -2.42. The maximum atomic E-state index is 12.7. The number of phenols is 3. The minimum Gasteiger partial charge on any atom is -0.507 e. The Balaban J connectivity index is 1.36. The molecule has 2 saturated heterocycles. The Hall–Kier alpha value is -3.55. The van der Waals surface area contributed by atoms with Crippen LogP contribution in [0.1, 0.15) is 0 Å². The number of aromatic hydroxyl groups is 3.